The van der Waals surface area contributed by atoms with Crippen LogP contribution in [0, 0.1) is 0 Å². The van der Waals surface area contributed by atoms with Gasteiger partial charge in [0.05, 0.1) is 16.6 Å². The van der Waals surface area contributed by atoms with Gasteiger partial charge in [0, 0.05) is 35.3 Å². The summed E-state index contributed by atoms with van der Waals surface area (Å²) >= 11 is 0. The van der Waals surface area contributed by atoms with Crippen LogP contribution in [0.1, 0.15) is 11.1 Å². The second-order valence-electron chi connectivity index (χ2n) is 7.04. The van der Waals surface area contributed by atoms with Crippen LogP contribution in [0.25, 0.3) is 33.6 Å². The lowest BCUT2D eigenvalue weighted by molar-refractivity contribution is -0.137. The highest BCUT2D eigenvalue weighted by molar-refractivity contribution is 6.04. The molecule has 6 nitrogen and oxygen atoms in total. The fourth-order valence-corrected chi connectivity index (χ4v) is 3.46. The molecular formula is C23H17F3N4O2. The van der Waals surface area contributed by atoms with Gasteiger partial charge >= 0.3 is 12.2 Å². The molecular weight excluding hydrogens is 421 g/mol. The van der Waals surface area contributed by atoms with Gasteiger partial charge in [0.1, 0.15) is 0 Å². The Balaban J connectivity index is 1.94. The molecule has 0 aliphatic carbocycles. The fraction of sp³-hybridized carbons (Fsp3) is 0.0870. The Kier molecular flexibility index (Phi) is 5.40. The summed E-state index contributed by atoms with van der Waals surface area (Å²) in [4.78, 5) is 28.0. The van der Waals surface area contributed by atoms with Crippen molar-refractivity contribution in [3.05, 3.63) is 88.4 Å². The number of amides is 2. The minimum Gasteiger partial charge on any atom is -0.352 e. The summed E-state index contributed by atoms with van der Waals surface area (Å²) in [5.41, 5.74) is 5.62. The van der Waals surface area contributed by atoms with Crippen LogP contribution >= 0.6 is 0 Å². The lowest BCUT2D eigenvalue weighted by Gasteiger charge is -2.14. The second-order valence-corrected chi connectivity index (χ2v) is 7.04. The van der Waals surface area contributed by atoms with Crippen LogP contribution in [-0.2, 0) is 6.18 Å². The van der Waals surface area contributed by atoms with Gasteiger partial charge < -0.3 is 11.1 Å². The molecule has 162 valence electrons. The standard InChI is InChI=1S/C23H17F3N4O2/c24-23(25,26)16-4-1-5-17(12-16)30-20(31)9-7-15-13-29-19-8-6-14(11-18(19)21(15)30)3-2-10-28-22(27)32/h1-9,11-13H,10H2,(H3,27,28,32)/b3-2+. The third kappa shape index (κ3) is 4.18. The maximum absolute atomic E-state index is 13.3. The first kappa shape index (κ1) is 21.1. The van der Waals surface area contributed by atoms with Gasteiger partial charge in [-0.25, -0.2) is 4.79 Å². The molecule has 0 aliphatic rings. The van der Waals surface area contributed by atoms with Gasteiger partial charge in [0.2, 0.25) is 0 Å². The van der Waals surface area contributed by atoms with Crippen molar-refractivity contribution in [3.8, 4) is 5.69 Å². The molecule has 9 heteroatoms. The van der Waals surface area contributed by atoms with Crippen molar-refractivity contribution < 1.29 is 18.0 Å². The number of carbonyl (C=O) groups excluding carboxylic acids is 1. The summed E-state index contributed by atoms with van der Waals surface area (Å²) in [7, 11) is 0. The van der Waals surface area contributed by atoms with E-state index in [9.17, 15) is 22.8 Å². The summed E-state index contributed by atoms with van der Waals surface area (Å²) in [6.07, 6.45) is 0.493. The molecule has 2 amide bonds. The van der Waals surface area contributed by atoms with Crippen molar-refractivity contribution in [2.24, 2.45) is 5.73 Å². The molecule has 0 spiro atoms. The lowest BCUT2D eigenvalue weighted by atomic mass is 10.1. The summed E-state index contributed by atoms with van der Waals surface area (Å²) in [5, 5.41) is 3.64. The number of nitrogens with two attached hydrogens (primary N) is 1. The Hall–Kier alpha value is -4.14. The Bertz CT molecular complexity index is 1420. The smallest absolute Gasteiger partial charge is 0.352 e. The van der Waals surface area contributed by atoms with Gasteiger partial charge in [0.15, 0.2) is 0 Å². The molecule has 0 bridgehead atoms. The van der Waals surface area contributed by atoms with Gasteiger partial charge in [-0.15, -0.1) is 0 Å². The molecule has 0 aliphatic heterocycles. The van der Waals surface area contributed by atoms with Crippen LogP contribution in [0.2, 0.25) is 0 Å². The number of primary amides is 1. The summed E-state index contributed by atoms with van der Waals surface area (Å²) in [6.45, 7) is 0.232. The molecule has 0 saturated carbocycles. The summed E-state index contributed by atoms with van der Waals surface area (Å²) in [6, 6.07) is 12.2. The predicted molar refractivity (Wildman–Crippen MR) is 116 cm³/mol. The third-order valence-corrected chi connectivity index (χ3v) is 4.88. The highest BCUT2D eigenvalue weighted by Crippen LogP contribution is 2.31. The van der Waals surface area contributed by atoms with E-state index in [0.29, 0.717) is 21.8 Å². The van der Waals surface area contributed by atoms with Gasteiger partial charge in [-0.2, -0.15) is 13.2 Å². The molecule has 0 radical (unpaired) electrons. The number of nitrogens with zero attached hydrogens (tertiary/aromatic N) is 2. The number of aromatic nitrogens is 2. The van der Waals surface area contributed by atoms with Crippen molar-refractivity contribution in [3.63, 3.8) is 0 Å². The lowest BCUT2D eigenvalue weighted by Crippen LogP contribution is -2.29. The zero-order valence-electron chi connectivity index (χ0n) is 16.6. The SMILES string of the molecule is NC(=O)NC/C=C/c1ccc2ncc3ccc(=O)n(-c4cccc(C(F)(F)F)c4)c3c2c1. The van der Waals surface area contributed by atoms with E-state index in [0.717, 1.165) is 17.7 Å². The largest absolute Gasteiger partial charge is 0.416 e. The first-order valence-corrected chi connectivity index (χ1v) is 9.56. The number of urea groups is 1. The first-order chi connectivity index (χ1) is 15.2. The van der Waals surface area contributed by atoms with E-state index < -0.39 is 23.3 Å². The minimum absolute atomic E-state index is 0.106. The van der Waals surface area contributed by atoms with Crippen molar-refractivity contribution in [2.45, 2.75) is 6.18 Å². The molecule has 2 heterocycles. The predicted octanol–water partition coefficient (Wildman–Crippen LogP) is 4.24. The van der Waals surface area contributed by atoms with Crippen LogP contribution in [0.15, 0.2) is 71.7 Å². The number of hydrogen-bond acceptors (Lipinski definition) is 3. The molecule has 4 aromatic rings. The number of halogens is 3. The number of carbonyl (C=O) groups is 1. The summed E-state index contributed by atoms with van der Waals surface area (Å²) in [5.74, 6) is 0. The molecule has 32 heavy (non-hydrogen) atoms. The average Bonchev–Trinajstić information content (AvgIpc) is 2.76. The van der Waals surface area contributed by atoms with E-state index in [4.69, 9.17) is 5.73 Å². The molecule has 4 rings (SSSR count). The molecule has 0 saturated heterocycles. The molecule has 2 aromatic carbocycles. The van der Waals surface area contributed by atoms with Crippen molar-refractivity contribution in [2.75, 3.05) is 6.54 Å². The topological polar surface area (TPSA) is 90.0 Å². The highest BCUT2D eigenvalue weighted by Gasteiger charge is 2.30. The molecule has 0 atom stereocenters. The molecule has 3 N–H and O–H groups in total. The molecule has 0 unspecified atom stereocenters. The number of fused-ring (bicyclic) bond motifs is 3. The number of pyridine rings is 2. The number of rotatable bonds is 4. The van der Waals surface area contributed by atoms with E-state index in [1.807, 2.05) is 0 Å². The second kappa shape index (κ2) is 8.18. The Morgan fingerprint density at radius 2 is 1.94 bits per heavy atom. The normalized spacial score (nSPS) is 12.0. The van der Waals surface area contributed by atoms with Gasteiger partial charge in [-0.05, 0) is 42.0 Å². The van der Waals surface area contributed by atoms with Crippen LogP contribution in [-0.4, -0.2) is 22.1 Å². The maximum Gasteiger partial charge on any atom is 0.416 e. The van der Waals surface area contributed by atoms with Gasteiger partial charge in [-0.3, -0.25) is 14.3 Å². The monoisotopic (exact) mass is 438 g/mol. The van der Waals surface area contributed by atoms with Crippen molar-refractivity contribution >= 4 is 33.9 Å². The molecule has 2 aromatic heterocycles. The van der Waals surface area contributed by atoms with Crippen LogP contribution in [0.3, 0.4) is 0 Å². The van der Waals surface area contributed by atoms with Crippen LogP contribution in [0.4, 0.5) is 18.0 Å². The molecule has 0 fully saturated rings. The van der Waals surface area contributed by atoms with Crippen LogP contribution in [0.5, 0.6) is 0 Å². The van der Waals surface area contributed by atoms with Crippen molar-refractivity contribution in [1.29, 1.82) is 0 Å². The number of nitrogens with one attached hydrogen (secondary N) is 1. The third-order valence-electron chi connectivity index (χ3n) is 4.88. The van der Waals surface area contributed by atoms with Crippen molar-refractivity contribution in [1.82, 2.24) is 14.9 Å². The zero-order chi connectivity index (χ0) is 22.9. The number of alkyl halides is 3. The highest BCUT2D eigenvalue weighted by atomic mass is 19.4. The quantitative estimate of drug-likeness (QED) is 0.467. The number of benzene rings is 2. The Labute approximate surface area is 179 Å². The average molecular weight is 438 g/mol. The fourth-order valence-electron chi connectivity index (χ4n) is 3.46. The van der Waals surface area contributed by atoms with E-state index in [2.05, 4.69) is 10.3 Å². The van der Waals surface area contributed by atoms with E-state index in [1.54, 1.807) is 42.6 Å². The van der Waals surface area contributed by atoms with Crippen LogP contribution < -0.4 is 16.6 Å². The summed E-state index contributed by atoms with van der Waals surface area (Å²) < 4.78 is 41.0. The minimum atomic E-state index is -4.54. The Morgan fingerprint density at radius 3 is 2.69 bits per heavy atom. The van der Waals surface area contributed by atoms with Gasteiger partial charge in [-0.1, -0.05) is 24.3 Å². The van der Waals surface area contributed by atoms with E-state index >= 15 is 0 Å². The van der Waals surface area contributed by atoms with Gasteiger partial charge in [0.25, 0.3) is 5.56 Å². The first-order valence-electron chi connectivity index (χ1n) is 9.56. The Morgan fingerprint density at radius 1 is 1.12 bits per heavy atom. The number of hydrogen-bond donors (Lipinski definition) is 2. The zero-order valence-corrected chi connectivity index (χ0v) is 16.6. The van der Waals surface area contributed by atoms with E-state index in [1.165, 1.54) is 22.8 Å². The van der Waals surface area contributed by atoms with E-state index in [-0.39, 0.29) is 12.2 Å². The maximum atomic E-state index is 13.3.